The van der Waals surface area contributed by atoms with Crippen molar-refractivity contribution < 1.29 is 13.2 Å². The van der Waals surface area contributed by atoms with Gasteiger partial charge in [0.15, 0.2) is 9.84 Å². The molecule has 1 spiro atoms. The average Bonchev–Trinajstić information content (AvgIpc) is 2.76. The number of piperidine rings is 1. The molecule has 0 atom stereocenters. The number of nitrogens with zero attached hydrogens (tertiary/aromatic N) is 1. The van der Waals surface area contributed by atoms with Crippen molar-refractivity contribution in [2.75, 3.05) is 32.4 Å². The van der Waals surface area contributed by atoms with Gasteiger partial charge in [-0.15, -0.1) is 0 Å². The van der Waals surface area contributed by atoms with Crippen molar-refractivity contribution in [1.29, 1.82) is 0 Å². The van der Waals surface area contributed by atoms with Crippen LogP contribution in [0.2, 0.25) is 0 Å². The summed E-state index contributed by atoms with van der Waals surface area (Å²) in [6, 6.07) is 0. The summed E-state index contributed by atoms with van der Waals surface area (Å²) in [5, 5.41) is 3.38. The van der Waals surface area contributed by atoms with Gasteiger partial charge in [-0.25, -0.2) is 8.42 Å². The van der Waals surface area contributed by atoms with E-state index in [0.717, 1.165) is 32.2 Å². The third kappa shape index (κ3) is 2.65. The van der Waals surface area contributed by atoms with Crippen molar-refractivity contribution in [3.63, 3.8) is 0 Å². The second-order valence-electron chi connectivity index (χ2n) is 6.50. The Labute approximate surface area is 115 Å². The number of hydrogen-bond acceptors (Lipinski definition) is 4. The Morgan fingerprint density at radius 2 is 1.79 bits per heavy atom. The third-order valence-corrected chi connectivity index (χ3v) is 6.91. The monoisotopic (exact) mass is 288 g/mol. The minimum absolute atomic E-state index is 0.254. The largest absolute Gasteiger partial charge is 0.341 e. The van der Waals surface area contributed by atoms with Crippen LogP contribution in [0.1, 0.15) is 33.1 Å². The summed E-state index contributed by atoms with van der Waals surface area (Å²) in [6.45, 7) is 6.46. The third-order valence-electron chi connectivity index (χ3n) is 4.89. The molecule has 0 aliphatic carbocycles. The molecule has 2 fully saturated rings. The quantitative estimate of drug-likeness (QED) is 0.799. The van der Waals surface area contributed by atoms with E-state index >= 15 is 0 Å². The normalized spacial score (nSPS) is 23.8. The minimum Gasteiger partial charge on any atom is -0.341 e. The molecule has 0 bridgehead atoms. The van der Waals surface area contributed by atoms with Gasteiger partial charge in [0, 0.05) is 25.9 Å². The van der Waals surface area contributed by atoms with Gasteiger partial charge in [-0.3, -0.25) is 4.79 Å². The van der Waals surface area contributed by atoms with Crippen molar-refractivity contribution >= 4 is 15.7 Å². The number of hydrogen-bond donors (Lipinski definition) is 1. The average molecular weight is 288 g/mol. The van der Waals surface area contributed by atoms with Gasteiger partial charge in [-0.1, -0.05) is 0 Å². The summed E-state index contributed by atoms with van der Waals surface area (Å²) >= 11 is 0. The number of carbonyl (C=O) groups is 1. The first-order valence-corrected chi connectivity index (χ1v) is 8.77. The van der Waals surface area contributed by atoms with Gasteiger partial charge in [-0.05, 0) is 45.1 Å². The molecule has 2 rings (SSSR count). The highest BCUT2D eigenvalue weighted by atomic mass is 32.2. The van der Waals surface area contributed by atoms with E-state index in [1.807, 2.05) is 0 Å². The predicted octanol–water partition coefficient (Wildman–Crippen LogP) is 0.412. The molecule has 0 aromatic carbocycles. The molecular weight excluding hydrogens is 264 g/mol. The topological polar surface area (TPSA) is 66.5 Å². The zero-order valence-electron chi connectivity index (χ0n) is 12.0. The van der Waals surface area contributed by atoms with Crippen LogP contribution in [-0.2, 0) is 14.6 Å². The number of carbonyl (C=O) groups excluding carboxylic acids is 1. The van der Waals surface area contributed by atoms with Gasteiger partial charge in [0.05, 0.1) is 0 Å². The predicted molar refractivity (Wildman–Crippen MR) is 74.7 cm³/mol. The van der Waals surface area contributed by atoms with Gasteiger partial charge in [0.2, 0.25) is 5.91 Å². The molecule has 2 heterocycles. The highest BCUT2D eigenvalue weighted by molar-refractivity contribution is 7.92. The Morgan fingerprint density at radius 1 is 1.21 bits per heavy atom. The van der Waals surface area contributed by atoms with E-state index < -0.39 is 14.6 Å². The van der Waals surface area contributed by atoms with E-state index in [2.05, 4.69) is 5.32 Å². The molecule has 2 aliphatic heterocycles. The van der Waals surface area contributed by atoms with Crippen LogP contribution < -0.4 is 5.32 Å². The molecular formula is C13H24N2O3S. The van der Waals surface area contributed by atoms with Crippen LogP contribution >= 0.6 is 0 Å². The van der Waals surface area contributed by atoms with Gasteiger partial charge in [-0.2, -0.15) is 0 Å². The molecule has 1 N–H and O–H groups in total. The minimum atomic E-state index is -3.38. The number of sulfone groups is 1. The number of rotatable bonds is 2. The van der Waals surface area contributed by atoms with E-state index in [0.29, 0.717) is 18.5 Å². The SMILES string of the molecule is CC(C)(C(=O)N1CCC2(CCNC2)CC1)S(C)(=O)=O. The van der Waals surface area contributed by atoms with Gasteiger partial charge in [0.1, 0.15) is 4.75 Å². The van der Waals surface area contributed by atoms with E-state index in [-0.39, 0.29) is 5.91 Å². The lowest BCUT2D eigenvalue weighted by molar-refractivity contribution is -0.135. The summed E-state index contributed by atoms with van der Waals surface area (Å²) in [6.07, 6.45) is 4.26. The van der Waals surface area contributed by atoms with Crippen LogP contribution in [0.15, 0.2) is 0 Å². The molecule has 0 aromatic heterocycles. The first-order valence-electron chi connectivity index (χ1n) is 6.88. The van der Waals surface area contributed by atoms with Crippen molar-refractivity contribution in [2.45, 2.75) is 37.9 Å². The van der Waals surface area contributed by atoms with Crippen molar-refractivity contribution in [3.8, 4) is 0 Å². The molecule has 0 saturated carbocycles. The fourth-order valence-electron chi connectivity index (χ4n) is 2.95. The highest BCUT2D eigenvalue weighted by Gasteiger charge is 2.44. The molecule has 1 amide bonds. The van der Waals surface area contributed by atoms with Crippen LogP contribution in [-0.4, -0.2) is 56.4 Å². The maximum atomic E-state index is 12.4. The molecule has 2 aliphatic rings. The van der Waals surface area contributed by atoms with Crippen molar-refractivity contribution in [1.82, 2.24) is 10.2 Å². The Hall–Kier alpha value is -0.620. The lowest BCUT2D eigenvalue weighted by atomic mass is 9.77. The lowest BCUT2D eigenvalue weighted by Gasteiger charge is -2.41. The van der Waals surface area contributed by atoms with Crippen molar-refractivity contribution in [2.24, 2.45) is 5.41 Å². The molecule has 0 aromatic rings. The van der Waals surface area contributed by atoms with Gasteiger partial charge >= 0.3 is 0 Å². The molecule has 0 unspecified atom stereocenters. The van der Waals surface area contributed by atoms with E-state index in [4.69, 9.17) is 0 Å². The van der Waals surface area contributed by atoms with E-state index in [1.165, 1.54) is 20.3 Å². The standard InChI is InChI=1S/C13H24N2O3S/c1-12(2,19(3,17)18)11(16)15-8-5-13(6-9-15)4-7-14-10-13/h14H,4-10H2,1-3H3. The maximum absolute atomic E-state index is 12.4. The fraction of sp³-hybridized carbons (Fsp3) is 0.923. The Balaban J connectivity index is 2.04. The second-order valence-corrected chi connectivity index (χ2v) is 9.07. The van der Waals surface area contributed by atoms with E-state index in [9.17, 15) is 13.2 Å². The fourth-order valence-corrected chi connectivity index (χ4v) is 3.39. The van der Waals surface area contributed by atoms with Crippen LogP contribution in [0.5, 0.6) is 0 Å². The van der Waals surface area contributed by atoms with Crippen LogP contribution in [0, 0.1) is 5.41 Å². The number of amides is 1. The highest BCUT2D eigenvalue weighted by Crippen LogP contribution is 2.37. The second kappa shape index (κ2) is 4.74. The summed E-state index contributed by atoms with van der Waals surface area (Å²) in [4.78, 5) is 14.1. The first-order chi connectivity index (χ1) is 8.68. The van der Waals surface area contributed by atoms with Crippen LogP contribution in [0.3, 0.4) is 0 Å². The molecule has 2 saturated heterocycles. The molecule has 5 nitrogen and oxygen atoms in total. The zero-order valence-corrected chi connectivity index (χ0v) is 12.8. The Bertz CT molecular complexity index is 454. The van der Waals surface area contributed by atoms with Gasteiger partial charge in [0.25, 0.3) is 0 Å². The summed E-state index contributed by atoms with van der Waals surface area (Å²) < 4.78 is 22.1. The molecule has 110 valence electrons. The lowest BCUT2D eigenvalue weighted by Crippen LogP contribution is -2.53. The maximum Gasteiger partial charge on any atom is 0.243 e. The van der Waals surface area contributed by atoms with Gasteiger partial charge < -0.3 is 10.2 Å². The first kappa shape index (κ1) is 14.8. The van der Waals surface area contributed by atoms with E-state index in [1.54, 1.807) is 4.90 Å². The Morgan fingerprint density at radius 3 is 2.21 bits per heavy atom. The smallest absolute Gasteiger partial charge is 0.243 e. The summed E-state index contributed by atoms with van der Waals surface area (Å²) in [7, 11) is -3.38. The summed E-state index contributed by atoms with van der Waals surface area (Å²) in [5.41, 5.74) is 0.339. The summed E-state index contributed by atoms with van der Waals surface area (Å²) in [5.74, 6) is -0.254. The number of likely N-dealkylation sites (tertiary alicyclic amines) is 1. The zero-order chi connectivity index (χ0) is 14.3. The van der Waals surface area contributed by atoms with Crippen LogP contribution in [0.4, 0.5) is 0 Å². The van der Waals surface area contributed by atoms with Crippen molar-refractivity contribution in [3.05, 3.63) is 0 Å². The Kier molecular flexibility index (Phi) is 3.68. The molecule has 19 heavy (non-hydrogen) atoms. The molecule has 6 heteroatoms. The van der Waals surface area contributed by atoms with Crippen LogP contribution in [0.25, 0.3) is 0 Å². The molecule has 0 radical (unpaired) electrons. The number of nitrogens with one attached hydrogen (secondary N) is 1.